The molecule has 2 aromatic carbocycles. The Morgan fingerprint density at radius 3 is 2.93 bits per heavy atom. The lowest BCUT2D eigenvalue weighted by molar-refractivity contribution is 0.107. The number of alkyl halides is 1. The van der Waals surface area contributed by atoms with Gasteiger partial charge < -0.3 is 24.8 Å². The molecule has 4 aliphatic heterocycles. The van der Waals surface area contributed by atoms with Crippen LogP contribution in [-0.2, 0) is 0 Å². The highest BCUT2D eigenvalue weighted by molar-refractivity contribution is 6.04. The summed E-state index contributed by atoms with van der Waals surface area (Å²) in [4.78, 5) is 18.1. The van der Waals surface area contributed by atoms with Gasteiger partial charge in [-0.2, -0.15) is 9.97 Å². The van der Waals surface area contributed by atoms with Crippen molar-refractivity contribution >= 4 is 27.5 Å². The molecule has 6 heterocycles. The summed E-state index contributed by atoms with van der Waals surface area (Å²) in [6.45, 7) is 3.49. The number of aromatic nitrogens is 3. The topological polar surface area (TPSA) is 95.9 Å². The van der Waals surface area contributed by atoms with Crippen LogP contribution in [-0.4, -0.2) is 88.6 Å². The molecular weight excluding hydrogens is 573 g/mol. The third kappa shape index (κ3) is 4.13. The second-order valence-electron chi connectivity index (χ2n) is 12.0. The molecule has 0 amide bonds. The maximum absolute atomic E-state index is 16.8. The first-order chi connectivity index (χ1) is 21.3. The van der Waals surface area contributed by atoms with Gasteiger partial charge in [0.2, 0.25) is 5.88 Å². The van der Waals surface area contributed by atoms with Gasteiger partial charge in [0.15, 0.2) is 5.82 Å². The Labute approximate surface area is 251 Å². The van der Waals surface area contributed by atoms with Gasteiger partial charge in [-0.15, -0.1) is 6.42 Å². The van der Waals surface area contributed by atoms with E-state index in [1.165, 1.54) is 24.3 Å². The summed E-state index contributed by atoms with van der Waals surface area (Å²) < 4.78 is 58.5. The van der Waals surface area contributed by atoms with Gasteiger partial charge in [-0.1, -0.05) is 12.0 Å². The maximum Gasteiger partial charge on any atom is 0.319 e. The molecule has 8 rings (SSSR count). The van der Waals surface area contributed by atoms with E-state index in [9.17, 15) is 13.9 Å². The van der Waals surface area contributed by atoms with E-state index in [0.717, 1.165) is 19.4 Å². The van der Waals surface area contributed by atoms with E-state index in [1.54, 1.807) is 0 Å². The van der Waals surface area contributed by atoms with E-state index in [-0.39, 0.29) is 64.6 Å². The van der Waals surface area contributed by atoms with Crippen molar-refractivity contribution in [3.05, 3.63) is 41.5 Å². The summed E-state index contributed by atoms with van der Waals surface area (Å²) in [6.07, 6.45) is 6.87. The van der Waals surface area contributed by atoms with Gasteiger partial charge in [-0.3, -0.25) is 4.90 Å². The fourth-order valence-corrected chi connectivity index (χ4v) is 7.42. The second kappa shape index (κ2) is 10.1. The number of halogens is 3. The van der Waals surface area contributed by atoms with Gasteiger partial charge in [0.1, 0.15) is 53.4 Å². The van der Waals surface area contributed by atoms with Gasteiger partial charge in [-0.25, -0.2) is 18.2 Å². The van der Waals surface area contributed by atoms with E-state index in [0.29, 0.717) is 49.2 Å². The molecule has 9 nitrogen and oxygen atoms in total. The van der Waals surface area contributed by atoms with Gasteiger partial charge in [0.05, 0.1) is 17.1 Å². The Hall–Kier alpha value is -4.34. The largest absolute Gasteiger partial charge is 0.508 e. The Balaban J connectivity index is 1.33. The number of phenols is 1. The number of phenolic OH excluding ortho intramolecular Hbond substituents is 1. The monoisotopic (exact) mass is 602 g/mol. The molecule has 3 atom stereocenters. The van der Waals surface area contributed by atoms with Crippen molar-refractivity contribution in [3.8, 4) is 41.2 Å². The minimum absolute atomic E-state index is 0.0339. The van der Waals surface area contributed by atoms with Crippen LogP contribution in [0.25, 0.3) is 32.9 Å². The van der Waals surface area contributed by atoms with E-state index in [2.05, 4.69) is 26.1 Å². The molecule has 3 saturated heterocycles. The number of hydrogen-bond acceptors (Lipinski definition) is 9. The number of benzene rings is 2. The molecule has 0 spiro atoms. The number of aromatic hydroxyl groups is 1. The number of hydrogen-bond donors (Lipinski definition) is 2. The van der Waals surface area contributed by atoms with Gasteiger partial charge >= 0.3 is 6.01 Å². The molecule has 12 heteroatoms. The van der Waals surface area contributed by atoms with Crippen molar-refractivity contribution in [2.75, 3.05) is 50.8 Å². The number of rotatable bonds is 4. The normalized spacial score (nSPS) is 24.5. The number of terminal acetylenes is 1. The third-order valence-electron chi connectivity index (χ3n) is 9.43. The molecule has 2 N–H and O–H groups in total. The molecule has 44 heavy (non-hydrogen) atoms. The number of nitrogens with zero attached hydrogens (tertiary/aromatic N) is 5. The molecule has 4 aromatic rings. The van der Waals surface area contributed by atoms with E-state index >= 15 is 4.39 Å². The summed E-state index contributed by atoms with van der Waals surface area (Å²) in [5.41, 5.74) is -0.728. The van der Waals surface area contributed by atoms with Crippen LogP contribution in [0.15, 0.2) is 24.3 Å². The Morgan fingerprint density at radius 1 is 1.18 bits per heavy atom. The first-order valence-corrected chi connectivity index (χ1v) is 14.8. The van der Waals surface area contributed by atoms with Crippen molar-refractivity contribution in [2.45, 2.75) is 37.0 Å². The number of pyridine rings is 1. The average Bonchev–Trinajstić information content (AvgIpc) is 3.49. The van der Waals surface area contributed by atoms with Crippen LogP contribution in [0.3, 0.4) is 0 Å². The molecule has 4 aliphatic rings. The highest BCUT2D eigenvalue weighted by atomic mass is 19.1. The lowest BCUT2D eigenvalue weighted by Crippen LogP contribution is -2.53. The second-order valence-corrected chi connectivity index (χ2v) is 12.0. The standard InChI is InChI=1S/C32H29F3N6O3/c1-2-21-23(34)5-4-17-10-20(42)11-22(24(17)21)27-26(35)28-25-29(41-9-7-36-13-19(41)15-43-30(25)37-27)39-31(38-28)44-16-32-6-3-8-40(32)14-18(33)12-32/h1,4-5,10-11,18-19,36,42H,3,6-9,12-16H2. The minimum atomic E-state index is -0.927. The number of piperazine rings is 1. The summed E-state index contributed by atoms with van der Waals surface area (Å²) in [7, 11) is 0. The number of anilines is 1. The smallest absolute Gasteiger partial charge is 0.319 e. The lowest BCUT2D eigenvalue weighted by atomic mass is 9.95. The molecule has 0 aliphatic carbocycles. The summed E-state index contributed by atoms with van der Waals surface area (Å²) >= 11 is 0. The summed E-state index contributed by atoms with van der Waals surface area (Å²) in [5, 5.41) is 14.9. The SMILES string of the molecule is C#Cc1c(F)ccc2cc(O)cc(-c3nc4c5c(nc(OCC67CCCN6CC(F)C7)nc5c3F)N3CCNCC3CO4)c12. The molecule has 226 valence electrons. The Morgan fingerprint density at radius 2 is 2.07 bits per heavy atom. The average molecular weight is 603 g/mol. The zero-order chi connectivity index (χ0) is 30.2. The van der Waals surface area contributed by atoms with E-state index in [1.807, 2.05) is 4.90 Å². The first kappa shape index (κ1) is 27.2. The maximum atomic E-state index is 16.8. The predicted octanol–water partition coefficient (Wildman–Crippen LogP) is 3.94. The zero-order valence-electron chi connectivity index (χ0n) is 23.7. The fourth-order valence-electron chi connectivity index (χ4n) is 7.42. The van der Waals surface area contributed by atoms with Crippen molar-refractivity contribution < 1.29 is 27.8 Å². The molecule has 0 bridgehead atoms. The highest BCUT2D eigenvalue weighted by Crippen LogP contribution is 2.44. The predicted molar refractivity (Wildman–Crippen MR) is 158 cm³/mol. The van der Waals surface area contributed by atoms with Crippen LogP contribution < -0.4 is 19.7 Å². The zero-order valence-corrected chi connectivity index (χ0v) is 23.7. The van der Waals surface area contributed by atoms with Crippen LogP contribution in [0.1, 0.15) is 24.8 Å². The number of nitrogens with one attached hydrogen (secondary N) is 1. The van der Waals surface area contributed by atoms with Crippen LogP contribution in [0.4, 0.5) is 19.0 Å². The summed E-state index contributed by atoms with van der Waals surface area (Å²) in [6, 6.07) is 5.25. The van der Waals surface area contributed by atoms with Gasteiger partial charge in [-0.05, 0) is 43.0 Å². The molecule has 0 saturated carbocycles. The van der Waals surface area contributed by atoms with Crippen molar-refractivity contribution in [2.24, 2.45) is 0 Å². The first-order valence-electron chi connectivity index (χ1n) is 14.8. The lowest BCUT2D eigenvalue weighted by Gasteiger charge is -2.35. The fraction of sp³-hybridized carbons (Fsp3) is 0.406. The van der Waals surface area contributed by atoms with Gasteiger partial charge in [0, 0.05) is 43.5 Å². The van der Waals surface area contributed by atoms with E-state index < -0.39 is 23.3 Å². The molecule has 0 radical (unpaired) electrons. The molecule has 2 aromatic heterocycles. The quantitative estimate of drug-likeness (QED) is 0.337. The highest BCUT2D eigenvalue weighted by Gasteiger charge is 2.49. The van der Waals surface area contributed by atoms with Crippen molar-refractivity contribution in [1.29, 1.82) is 0 Å². The molecular formula is C32H29F3N6O3. The third-order valence-corrected chi connectivity index (χ3v) is 9.43. The van der Waals surface area contributed by atoms with Crippen LogP contribution in [0, 0.1) is 24.0 Å². The number of ether oxygens (including phenoxy) is 2. The minimum Gasteiger partial charge on any atom is -0.508 e. The molecule has 3 fully saturated rings. The van der Waals surface area contributed by atoms with Gasteiger partial charge in [0.25, 0.3) is 0 Å². The molecule has 3 unspecified atom stereocenters. The van der Waals surface area contributed by atoms with Crippen LogP contribution in [0.5, 0.6) is 17.6 Å². The number of fused-ring (bicyclic) bond motifs is 4. The van der Waals surface area contributed by atoms with Crippen LogP contribution >= 0.6 is 0 Å². The summed E-state index contributed by atoms with van der Waals surface area (Å²) in [5.74, 6) is 1.26. The van der Waals surface area contributed by atoms with E-state index in [4.69, 9.17) is 20.9 Å². The van der Waals surface area contributed by atoms with Crippen molar-refractivity contribution in [3.63, 3.8) is 0 Å². The van der Waals surface area contributed by atoms with Crippen molar-refractivity contribution in [1.82, 2.24) is 25.2 Å². The Bertz CT molecular complexity index is 1880. The Kier molecular flexibility index (Phi) is 6.25. The van der Waals surface area contributed by atoms with Crippen LogP contribution in [0.2, 0.25) is 0 Å².